The molecule has 2 nitrogen and oxygen atoms in total. The number of nitrogens with zero attached hydrogens (tertiary/aromatic N) is 1. The summed E-state index contributed by atoms with van der Waals surface area (Å²) in [7, 11) is 0. The summed E-state index contributed by atoms with van der Waals surface area (Å²) in [6.45, 7) is 2.30. The third kappa shape index (κ3) is 1.18. The minimum absolute atomic E-state index is 0.0312. The van der Waals surface area contributed by atoms with Gasteiger partial charge in [-0.15, -0.1) is 0 Å². The second-order valence-corrected chi connectivity index (χ2v) is 4.12. The molecular formula is C10H17NO. The molecule has 12 heavy (non-hydrogen) atoms. The van der Waals surface area contributed by atoms with Crippen LogP contribution in [-0.4, -0.2) is 29.8 Å². The van der Waals surface area contributed by atoms with Crippen LogP contribution in [0, 0.1) is 0 Å². The summed E-state index contributed by atoms with van der Waals surface area (Å²) in [5, 5.41) is 0. The zero-order valence-corrected chi connectivity index (χ0v) is 7.59. The van der Waals surface area contributed by atoms with Gasteiger partial charge in [-0.05, 0) is 38.8 Å². The predicted octanol–water partition coefficient (Wildman–Crippen LogP) is 1.59. The number of likely N-dealkylation sites (tertiary alicyclic amines) is 1. The van der Waals surface area contributed by atoms with E-state index in [1.807, 2.05) is 0 Å². The van der Waals surface area contributed by atoms with Crippen molar-refractivity contribution in [2.24, 2.45) is 0 Å². The van der Waals surface area contributed by atoms with Gasteiger partial charge in [0.1, 0.15) is 6.29 Å². The van der Waals surface area contributed by atoms with Crippen LogP contribution in [0.25, 0.3) is 0 Å². The molecule has 0 amide bonds. The van der Waals surface area contributed by atoms with Crippen molar-refractivity contribution in [3.63, 3.8) is 0 Å². The van der Waals surface area contributed by atoms with Crippen LogP contribution >= 0.6 is 0 Å². The van der Waals surface area contributed by atoms with Crippen molar-refractivity contribution in [2.45, 2.75) is 44.1 Å². The highest BCUT2D eigenvalue weighted by Gasteiger charge is 2.40. The van der Waals surface area contributed by atoms with Crippen LogP contribution in [0.5, 0.6) is 0 Å². The molecule has 1 saturated heterocycles. The second kappa shape index (κ2) is 3.17. The van der Waals surface area contributed by atoms with Crippen LogP contribution < -0.4 is 0 Å². The highest BCUT2D eigenvalue weighted by Crippen LogP contribution is 2.35. The molecule has 1 saturated carbocycles. The van der Waals surface area contributed by atoms with Gasteiger partial charge in [0.15, 0.2) is 0 Å². The first-order valence-corrected chi connectivity index (χ1v) is 5.09. The van der Waals surface area contributed by atoms with Gasteiger partial charge in [0.25, 0.3) is 0 Å². The van der Waals surface area contributed by atoms with E-state index >= 15 is 0 Å². The first kappa shape index (κ1) is 8.24. The maximum atomic E-state index is 11.1. The van der Waals surface area contributed by atoms with Gasteiger partial charge >= 0.3 is 0 Å². The van der Waals surface area contributed by atoms with Crippen molar-refractivity contribution < 1.29 is 4.79 Å². The van der Waals surface area contributed by atoms with E-state index in [2.05, 4.69) is 4.90 Å². The van der Waals surface area contributed by atoms with Crippen LogP contribution in [0.1, 0.15) is 38.5 Å². The van der Waals surface area contributed by atoms with E-state index in [0.717, 1.165) is 25.9 Å². The summed E-state index contributed by atoms with van der Waals surface area (Å²) >= 11 is 0. The Balaban J connectivity index is 2.09. The molecule has 2 aliphatic rings. The van der Waals surface area contributed by atoms with Crippen molar-refractivity contribution in [3.8, 4) is 0 Å². The number of aldehydes is 1. The molecule has 0 atom stereocenters. The quantitative estimate of drug-likeness (QED) is 0.582. The summed E-state index contributed by atoms with van der Waals surface area (Å²) in [6.07, 6.45) is 8.49. The minimum atomic E-state index is -0.0312. The smallest absolute Gasteiger partial charge is 0.140 e. The molecule has 0 aromatic carbocycles. The lowest BCUT2D eigenvalue weighted by atomic mass is 9.98. The van der Waals surface area contributed by atoms with E-state index < -0.39 is 0 Å². The molecule has 0 unspecified atom stereocenters. The number of hydrogen-bond donors (Lipinski definition) is 0. The monoisotopic (exact) mass is 167 g/mol. The van der Waals surface area contributed by atoms with Gasteiger partial charge in [0.2, 0.25) is 0 Å². The molecule has 2 heteroatoms. The van der Waals surface area contributed by atoms with Crippen LogP contribution in [0.3, 0.4) is 0 Å². The SMILES string of the molecule is O=CC1(N2CCCC2)CCCC1. The molecule has 0 aromatic heterocycles. The van der Waals surface area contributed by atoms with Gasteiger partial charge in [-0.3, -0.25) is 4.90 Å². The number of carbonyl (C=O) groups is 1. The number of rotatable bonds is 2. The van der Waals surface area contributed by atoms with E-state index in [0.29, 0.717) is 0 Å². The Bertz CT molecular complexity index is 167. The topological polar surface area (TPSA) is 20.3 Å². The normalized spacial score (nSPS) is 29.3. The molecule has 0 bridgehead atoms. The Hall–Kier alpha value is -0.370. The molecule has 1 aliphatic carbocycles. The highest BCUT2D eigenvalue weighted by molar-refractivity contribution is 5.65. The molecule has 2 rings (SSSR count). The average molecular weight is 167 g/mol. The van der Waals surface area contributed by atoms with Gasteiger partial charge in [0.05, 0.1) is 5.54 Å². The molecular weight excluding hydrogens is 150 g/mol. The van der Waals surface area contributed by atoms with Gasteiger partial charge in [-0.2, -0.15) is 0 Å². The Morgan fingerprint density at radius 2 is 1.58 bits per heavy atom. The largest absolute Gasteiger partial charge is 0.301 e. The predicted molar refractivity (Wildman–Crippen MR) is 48.1 cm³/mol. The Morgan fingerprint density at radius 1 is 1.00 bits per heavy atom. The van der Waals surface area contributed by atoms with E-state index in [1.54, 1.807) is 0 Å². The summed E-state index contributed by atoms with van der Waals surface area (Å²) < 4.78 is 0. The van der Waals surface area contributed by atoms with Crippen molar-refractivity contribution in [1.29, 1.82) is 0 Å². The second-order valence-electron chi connectivity index (χ2n) is 4.12. The van der Waals surface area contributed by atoms with Gasteiger partial charge in [-0.1, -0.05) is 12.8 Å². The summed E-state index contributed by atoms with van der Waals surface area (Å²) in [5.74, 6) is 0. The van der Waals surface area contributed by atoms with Crippen molar-refractivity contribution in [1.82, 2.24) is 4.90 Å². The van der Waals surface area contributed by atoms with Gasteiger partial charge in [0, 0.05) is 0 Å². The first-order chi connectivity index (χ1) is 5.87. The fraction of sp³-hybridized carbons (Fsp3) is 0.900. The van der Waals surface area contributed by atoms with Crippen molar-refractivity contribution in [3.05, 3.63) is 0 Å². The zero-order valence-electron chi connectivity index (χ0n) is 7.59. The third-order valence-corrected chi connectivity index (χ3v) is 3.42. The van der Waals surface area contributed by atoms with Crippen molar-refractivity contribution >= 4 is 6.29 Å². The molecule has 0 radical (unpaired) electrons. The molecule has 1 heterocycles. The van der Waals surface area contributed by atoms with Crippen LogP contribution in [0.4, 0.5) is 0 Å². The Kier molecular flexibility index (Phi) is 2.18. The lowest BCUT2D eigenvalue weighted by molar-refractivity contribution is -0.117. The summed E-state index contributed by atoms with van der Waals surface area (Å²) in [6, 6.07) is 0. The lowest BCUT2D eigenvalue weighted by Crippen LogP contribution is -2.46. The molecule has 68 valence electrons. The molecule has 0 spiro atoms. The minimum Gasteiger partial charge on any atom is -0.301 e. The molecule has 2 fully saturated rings. The average Bonchev–Trinajstić information content (AvgIpc) is 2.76. The maximum Gasteiger partial charge on any atom is 0.140 e. The fourth-order valence-corrected chi connectivity index (χ4v) is 2.66. The summed E-state index contributed by atoms with van der Waals surface area (Å²) in [5.41, 5.74) is -0.0312. The highest BCUT2D eigenvalue weighted by atomic mass is 16.1. The molecule has 0 aromatic rings. The van der Waals surface area contributed by atoms with E-state index in [4.69, 9.17) is 0 Å². The van der Waals surface area contributed by atoms with E-state index in [1.165, 1.54) is 32.0 Å². The summed E-state index contributed by atoms with van der Waals surface area (Å²) in [4.78, 5) is 13.5. The molecule has 1 aliphatic heterocycles. The Labute approximate surface area is 73.9 Å². The zero-order chi connectivity index (χ0) is 8.44. The fourth-order valence-electron chi connectivity index (χ4n) is 2.66. The van der Waals surface area contributed by atoms with Crippen LogP contribution in [-0.2, 0) is 4.79 Å². The van der Waals surface area contributed by atoms with Crippen molar-refractivity contribution in [2.75, 3.05) is 13.1 Å². The standard InChI is InChI=1S/C10H17NO/c12-9-10(5-1-2-6-10)11-7-3-4-8-11/h9H,1-8H2. The van der Waals surface area contributed by atoms with Crippen LogP contribution in [0.15, 0.2) is 0 Å². The van der Waals surface area contributed by atoms with Gasteiger partial charge in [-0.25, -0.2) is 0 Å². The lowest BCUT2D eigenvalue weighted by Gasteiger charge is -2.33. The van der Waals surface area contributed by atoms with Crippen LogP contribution in [0.2, 0.25) is 0 Å². The molecule has 0 N–H and O–H groups in total. The van der Waals surface area contributed by atoms with E-state index in [9.17, 15) is 4.79 Å². The van der Waals surface area contributed by atoms with E-state index in [-0.39, 0.29) is 5.54 Å². The first-order valence-electron chi connectivity index (χ1n) is 5.09. The number of hydrogen-bond acceptors (Lipinski definition) is 2. The Morgan fingerprint density at radius 3 is 2.08 bits per heavy atom. The maximum absolute atomic E-state index is 11.1. The number of carbonyl (C=O) groups excluding carboxylic acids is 1. The third-order valence-electron chi connectivity index (χ3n) is 3.42. The van der Waals surface area contributed by atoms with Gasteiger partial charge < -0.3 is 4.79 Å².